The molecular weight excluding hydrogens is 243 g/mol. The molecule has 5 heteroatoms. The fraction of sp³-hybridized carbons (Fsp3) is 0. The van der Waals surface area contributed by atoms with Gasteiger partial charge in [0.25, 0.3) is 0 Å². The predicted octanol–water partition coefficient (Wildman–Crippen LogP) is 3.54. The molecule has 0 saturated carbocycles. The molecule has 2 rings (SSSR count). The van der Waals surface area contributed by atoms with Crippen LogP contribution in [0.3, 0.4) is 0 Å². The SMILES string of the molecule is N#Cc1c(F)cccc1Oc1cncc(Cl)c1. The van der Waals surface area contributed by atoms with Gasteiger partial charge < -0.3 is 4.74 Å². The Bertz CT molecular complexity index is 595. The van der Waals surface area contributed by atoms with Crippen molar-refractivity contribution in [1.82, 2.24) is 4.98 Å². The molecule has 0 aliphatic carbocycles. The summed E-state index contributed by atoms with van der Waals surface area (Å²) in [5.41, 5.74) is -0.146. The number of aromatic nitrogens is 1. The number of hydrogen-bond acceptors (Lipinski definition) is 3. The van der Waals surface area contributed by atoms with Crippen molar-refractivity contribution >= 4 is 11.6 Å². The van der Waals surface area contributed by atoms with E-state index >= 15 is 0 Å². The van der Waals surface area contributed by atoms with Crippen molar-refractivity contribution < 1.29 is 9.13 Å². The van der Waals surface area contributed by atoms with E-state index in [4.69, 9.17) is 21.6 Å². The second-order valence-corrected chi connectivity index (χ2v) is 3.60. The lowest BCUT2D eigenvalue weighted by Crippen LogP contribution is -1.91. The first kappa shape index (κ1) is 11.4. The summed E-state index contributed by atoms with van der Waals surface area (Å²) in [4.78, 5) is 3.82. The summed E-state index contributed by atoms with van der Waals surface area (Å²) in [7, 11) is 0. The molecule has 0 amide bonds. The first-order valence-electron chi connectivity index (χ1n) is 4.67. The van der Waals surface area contributed by atoms with Gasteiger partial charge in [0.2, 0.25) is 0 Å². The predicted molar refractivity (Wildman–Crippen MR) is 60.4 cm³/mol. The molecule has 0 saturated heterocycles. The largest absolute Gasteiger partial charge is 0.454 e. The average molecular weight is 249 g/mol. The molecule has 0 fully saturated rings. The number of halogens is 2. The topological polar surface area (TPSA) is 45.9 Å². The van der Waals surface area contributed by atoms with E-state index in [1.54, 1.807) is 6.07 Å². The Hall–Kier alpha value is -2.12. The van der Waals surface area contributed by atoms with Crippen LogP contribution in [-0.4, -0.2) is 4.98 Å². The van der Waals surface area contributed by atoms with Gasteiger partial charge in [0.15, 0.2) is 0 Å². The Labute approximate surface area is 102 Å². The summed E-state index contributed by atoms with van der Waals surface area (Å²) < 4.78 is 18.6. The highest BCUT2D eigenvalue weighted by atomic mass is 35.5. The molecule has 1 aromatic carbocycles. The van der Waals surface area contributed by atoms with E-state index in [2.05, 4.69) is 4.98 Å². The van der Waals surface area contributed by atoms with E-state index in [1.807, 2.05) is 0 Å². The third-order valence-electron chi connectivity index (χ3n) is 1.99. The van der Waals surface area contributed by atoms with Gasteiger partial charge in [-0.1, -0.05) is 17.7 Å². The average Bonchev–Trinajstić information content (AvgIpc) is 2.29. The van der Waals surface area contributed by atoms with Crippen LogP contribution in [0.1, 0.15) is 5.56 Å². The Morgan fingerprint density at radius 3 is 2.88 bits per heavy atom. The number of pyridine rings is 1. The van der Waals surface area contributed by atoms with Gasteiger partial charge in [-0.05, 0) is 12.1 Å². The maximum Gasteiger partial charge on any atom is 0.148 e. The number of nitriles is 1. The number of hydrogen-bond donors (Lipinski definition) is 0. The summed E-state index contributed by atoms with van der Waals surface area (Å²) in [6, 6.07) is 7.43. The quantitative estimate of drug-likeness (QED) is 0.817. The third kappa shape index (κ3) is 2.52. The number of ether oxygens (including phenoxy) is 1. The summed E-state index contributed by atoms with van der Waals surface area (Å²) in [6.07, 6.45) is 2.88. The molecule has 0 spiro atoms. The molecule has 0 radical (unpaired) electrons. The van der Waals surface area contributed by atoms with E-state index in [1.165, 1.54) is 36.7 Å². The minimum atomic E-state index is -0.625. The lowest BCUT2D eigenvalue weighted by atomic mass is 10.2. The minimum absolute atomic E-state index is 0.136. The molecule has 0 aliphatic heterocycles. The van der Waals surface area contributed by atoms with Gasteiger partial charge in [-0.15, -0.1) is 0 Å². The van der Waals surface area contributed by atoms with Crippen molar-refractivity contribution in [2.75, 3.05) is 0 Å². The highest BCUT2D eigenvalue weighted by Crippen LogP contribution is 2.27. The van der Waals surface area contributed by atoms with E-state index < -0.39 is 5.82 Å². The molecule has 17 heavy (non-hydrogen) atoms. The Balaban J connectivity index is 2.37. The van der Waals surface area contributed by atoms with Crippen molar-refractivity contribution in [3.63, 3.8) is 0 Å². The normalized spacial score (nSPS) is 9.71. The van der Waals surface area contributed by atoms with Gasteiger partial charge in [0.1, 0.15) is 28.9 Å². The summed E-state index contributed by atoms with van der Waals surface area (Å²) in [5, 5.41) is 9.22. The fourth-order valence-electron chi connectivity index (χ4n) is 1.27. The van der Waals surface area contributed by atoms with Gasteiger partial charge >= 0.3 is 0 Å². The zero-order valence-corrected chi connectivity index (χ0v) is 9.28. The van der Waals surface area contributed by atoms with E-state index in [0.717, 1.165) is 0 Å². The molecular formula is C12H6ClFN2O. The van der Waals surface area contributed by atoms with Crippen molar-refractivity contribution in [2.24, 2.45) is 0 Å². The Morgan fingerprint density at radius 1 is 1.35 bits per heavy atom. The van der Waals surface area contributed by atoms with Crippen LogP contribution in [0.5, 0.6) is 11.5 Å². The Morgan fingerprint density at radius 2 is 2.18 bits per heavy atom. The molecule has 0 N–H and O–H groups in total. The number of rotatable bonds is 2. The standard InChI is InChI=1S/C12H6ClFN2O/c13-8-4-9(7-16-6-8)17-12-3-1-2-11(14)10(12)5-15/h1-4,6-7H. The van der Waals surface area contributed by atoms with Crippen LogP contribution in [0, 0.1) is 17.1 Å². The van der Waals surface area contributed by atoms with E-state index in [-0.39, 0.29) is 11.3 Å². The van der Waals surface area contributed by atoms with Crippen molar-refractivity contribution in [2.45, 2.75) is 0 Å². The fourth-order valence-corrected chi connectivity index (χ4v) is 1.44. The number of benzene rings is 1. The summed E-state index contributed by atoms with van der Waals surface area (Å²) in [5.74, 6) is -0.142. The van der Waals surface area contributed by atoms with Crippen LogP contribution in [0.4, 0.5) is 4.39 Å². The first-order valence-corrected chi connectivity index (χ1v) is 5.05. The lowest BCUT2D eigenvalue weighted by molar-refractivity contribution is 0.472. The number of nitrogens with zero attached hydrogens (tertiary/aromatic N) is 2. The molecule has 0 aliphatic rings. The minimum Gasteiger partial charge on any atom is -0.454 e. The van der Waals surface area contributed by atoms with Gasteiger partial charge in [-0.25, -0.2) is 4.39 Å². The molecule has 3 nitrogen and oxygen atoms in total. The van der Waals surface area contributed by atoms with Crippen LogP contribution < -0.4 is 4.74 Å². The smallest absolute Gasteiger partial charge is 0.148 e. The molecule has 84 valence electrons. The van der Waals surface area contributed by atoms with Crippen LogP contribution in [0.2, 0.25) is 5.02 Å². The third-order valence-corrected chi connectivity index (χ3v) is 2.20. The lowest BCUT2D eigenvalue weighted by Gasteiger charge is -2.07. The van der Waals surface area contributed by atoms with Crippen LogP contribution in [0.25, 0.3) is 0 Å². The highest BCUT2D eigenvalue weighted by molar-refractivity contribution is 6.30. The molecule has 0 unspecified atom stereocenters. The van der Waals surface area contributed by atoms with Gasteiger partial charge in [0, 0.05) is 12.3 Å². The van der Waals surface area contributed by atoms with Gasteiger partial charge in [-0.2, -0.15) is 5.26 Å². The van der Waals surface area contributed by atoms with Crippen LogP contribution in [-0.2, 0) is 0 Å². The maximum absolute atomic E-state index is 13.3. The maximum atomic E-state index is 13.3. The van der Waals surface area contributed by atoms with Crippen molar-refractivity contribution in [3.05, 3.63) is 53.1 Å². The summed E-state index contributed by atoms with van der Waals surface area (Å²) in [6.45, 7) is 0. The first-order chi connectivity index (χ1) is 8.20. The molecule has 2 aromatic rings. The zero-order valence-electron chi connectivity index (χ0n) is 8.52. The highest BCUT2D eigenvalue weighted by Gasteiger charge is 2.09. The van der Waals surface area contributed by atoms with E-state index in [0.29, 0.717) is 10.8 Å². The van der Waals surface area contributed by atoms with Crippen LogP contribution >= 0.6 is 11.6 Å². The van der Waals surface area contributed by atoms with E-state index in [9.17, 15) is 4.39 Å². The monoisotopic (exact) mass is 248 g/mol. The summed E-state index contributed by atoms with van der Waals surface area (Å²) >= 11 is 5.73. The molecule has 1 aromatic heterocycles. The van der Waals surface area contributed by atoms with Crippen LogP contribution in [0.15, 0.2) is 36.7 Å². The second-order valence-electron chi connectivity index (χ2n) is 3.17. The molecule has 0 atom stereocenters. The van der Waals surface area contributed by atoms with Gasteiger partial charge in [-0.3, -0.25) is 4.98 Å². The molecule has 0 bridgehead atoms. The second kappa shape index (κ2) is 4.81. The Kier molecular flexibility index (Phi) is 3.22. The molecule has 1 heterocycles. The van der Waals surface area contributed by atoms with Gasteiger partial charge in [0.05, 0.1) is 11.2 Å². The van der Waals surface area contributed by atoms with Crippen molar-refractivity contribution in [1.29, 1.82) is 5.26 Å². The van der Waals surface area contributed by atoms with Crippen molar-refractivity contribution in [3.8, 4) is 17.6 Å². The zero-order chi connectivity index (χ0) is 12.3.